The number of anilines is 1. The maximum absolute atomic E-state index is 4.99. The summed E-state index contributed by atoms with van der Waals surface area (Å²) in [4.78, 5) is 15.0. The van der Waals surface area contributed by atoms with E-state index < -0.39 is 0 Å². The van der Waals surface area contributed by atoms with Crippen molar-refractivity contribution in [3.8, 4) is 0 Å². The number of halogens is 1. The number of hydrogen-bond donors (Lipinski definition) is 0. The van der Waals surface area contributed by atoms with Crippen LogP contribution in [0.25, 0.3) is 0 Å². The van der Waals surface area contributed by atoms with Gasteiger partial charge in [-0.3, -0.25) is 4.90 Å². The van der Waals surface area contributed by atoms with E-state index in [1.54, 1.807) is 11.8 Å². The molecule has 1 aliphatic heterocycles. The molecule has 2 aromatic rings. The molecular formula is C23H38ClN7S. The monoisotopic (exact) mass is 479 g/mol. The lowest BCUT2D eigenvalue weighted by atomic mass is 9.94. The molecule has 1 saturated heterocycles. The van der Waals surface area contributed by atoms with Crippen LogP contribution in [-0.4, -0.2) is 68.1 Å². The van der Waals surface area contributed by atoms with Gasteiger partial charge in [-0.05, 0) is 32.7 Å². The molecular weight excluding hydrogens is 442 g/mol. The van der Waals surface area contributed by atoms with Gasteiger partial charge in [-0.1, -0.05) is 39.5 Å². The van der Waals surface area contributed by atoms with Crippen molar-refractivity contribution in [3.05, 3.63) is 23.4 Å². The third-order valence-corrected chi connectivity index (χ3v) is 7.71. The van der Waals surface area contributed by atoms with E-state index in [4.69, 9.17) is 9.97 Å². The van der Waals surface area contributed by atoms with Crippen LogP contribution in [0, 0.1) is 6.92 Å². The minimum absolute atomic E-state index is 0. The van der Waals surface area contributed by atoms with Gasteiger partial charge in [0.05, 0.1) is 5.69 Å². The topological polar surface area (TPSA) is 63.0 Å². The molecule has 0 amide bonds. The quantitative estimate of drug-likeness (QED) is 0.439. The first-order chi connectivity index (χ1) is 14.7. The highest BCUT2D eigenvalue weighted by atomic mass is 35.5. The summed E-state index contributed by atoms with van der Waals surface area (Å²) in [6, 6.07) is 2.26. The van der Waals surface area contributed by atoms with Crippen molar-refractivity contribution in [2.24, 2.45) is 7.05 Å². The van der Waals surface area contributed by atoms with E-state index in [1.807, 2.05) is 14.0 Å². The summed E-state index contributed by atoms with van der Waals surface area (Å²) < 4.78 is 2.06. The summed E-state index contributed by atoms with van der Waals surface area (Å²) in [7, 11) is 2.03. The van der Waals surface area contributed by atoms with E-state index in [9.17, 15) is 0 Å². The van der Waals surface area contributed by atoms with Crippen molar-refractivity contribution in [1.29, 1.82) is 0 Å². The molecule has 0 bridgehead atoms. The Kier molecular flexibility index (Phi) is 7.77. The van der Waals surface area contributed by atoms with E-state index in [2.05, 4.69) is 58.3 Å². The molecule has 3 heterocycles. The smallest absolute Gasteiger partial charge is 0.190 e. The SMILES string of the molecule is Cc1nnc(SCCCN2CCN(c3cc(C4(C)CC4)nc(C(C)(C)C)n3)CC2)n1C.Cl. The van der Waals surface area contributed by atoms with Gasteiger partial charge in [0.1, 0.15) is 17.5 Å². The van der Waals surface area contributed by atoms with Gasteiger partial charge in [0.15, 0.2) is 5.16 Å². The van der Waals surface area contributed by atoms with Crippen LogP contribution in [0.2, 0.25) is 0 Å². The highest BCUT2D eigenvalue weighted by molar-refractivity contribution is 7.99. The highest BCUT2D eigenvalue weighted by Gasteiger charge is 2.41. The zero-order valence-electron chi connectivity index (χ0n) is 20.4. The molecule has 4 rings (SSSR count). The van der Waals surface area contributed by atoms with Crippen LogP contribution in [0.5, 0.6) is 0 Å². The lowest BCUT2D eigenvalue weighted by Gasteiger charge is -2.36. The molecule has 7 nitrogen and oxygen atoms in total. The second-order valence-electron chi connectivity index (χ2n) is 10.4. The predicted molar refractivity (Wildman–Crippen MR) is 134 cm³/mol. The Morgan fingerprint density at radius 3 is 2.31 bits per heavy atom. The van der Waals surface area contributed by atoms with Crippen LogP contribution in [0.1, 0.15) is 64.3 Å². The number of nitrogens with zero attached hydrogens (tertiary/aromatic N) is 7. The molecule has 0 aromatic carbocycles. The first-order valence-electron chi connectivity index (χ1n) is 11.5. The predicted octanol–water partition coefficient (Wildman–Crippen LogP) is 3.99. The van der Waals surface area contributed by atoms with Crippen LogP contribution in [0.4, 0.5) is 5.82 Å². The maximum Gasteiger partial charge on any atom is 0.190 e. The minimum Gasteiger partial charge on any atom is -0.354 e. The zero-order valence-corrected chi connectivity index (χ0v) is 22.0. The van der Waals surface area contributed by atoms with E-state index in [0.717, 1.165) is 61.1 Å². The largest absolute Gasteiger partial charge is 0.354 e. The number of piperazine rings is 1. The molecule has 2 aromatic heterocycles. The number of hydrogen-bond acceptors (Lipinski definition) is 7. The van der Waals surface area contributed by atoms with Gasteiger partial charge < -0.3 is 9.47 Å². The molecule has 9 heteroatoms. The van der Waals surface area contributed by atoms with E-state index in [-0.39, 0.29) is 23.2 Å². The van der Waals surface area contributed by atoms with Crippen molar-refractivity contribution in [1.82, 2.24) is 29.6 Å². The van der Waals surface area contributed by atoms with Gasteiger partial charge in [0.25, 0.3) is 0 Å². The minimum atomic E-state index is -0.0310. The number of rotatable bonds is 7. The van der Waals surface area contributed by atoms with Gasteiger partial charge in [0.2, 0.25) is 0 Å². The first kappa shape index (κ1) is 25.2. The van der Waals surface area contributed by atoms with E-state index in [0.29, 0.717) is 0 Å². The highest BCUT2D eigenvalue weighted by Crippen LogP contribution is 2.47. The molecule has 0 spiro atoms. The molecule has 0 radical (unpaired) electrons. The molecule has 2 aliphatic rings. The van der Waals surface area contributed by atoms with Gasteiger partial charge in [-0.2, -0.15) is 0 Å². The molecule has 0 atom stereocenters. The fourth-order valence-electron chi connectivity index (χ4n) is 3.85. The van der Waals surface area contributed by atoms with Crippen LogP contribution >= 0.6 is 24.2 Å². The second-order valence-corrected chi connectivity index (χ2v) is 11.4. The Bertz CT molecular complexity index is 888. The molecule has 0 unspecified atom stereocenters. The van der Waals surface area contributed by atoms with Crippen LogP contribution in [0.3, 0.4) is 0 Å². The van der Waals surface area contributed by atoms with Crippen molar-refractivity contribution in [2.45, 2.75) is 69.9 Å². The van der Waals surface area contributed by atoms with E-state index >= 15 is 0 Å². The second kappa shape index (κ2) is 9.85. The van der Waals surface area contributed by atoms with Gasteiger partial charge in [-0.15, -0.1) is 22.6 Å². The third-order valence-electron chi connectivity index (χ3n) is 6.60. The lowest BCUT2D eigenvalue weighted by Crippen LogP contribution is -2.47. The third kappa shape index (κ3) is 5.75. The Balaban J connectivity index is 0.00000289. The van der Waals surface area contributed by atoms with Crippen molar-refractivity contribution >= 4 is 30.0 Å². The van der Waals surface area contributed by atoms with Crippen LogP contribution < -0.4 is 4.90 Å². The average molecular weight is 480 g/mol. The summed E-state index contributed by atoms with van der Waals surface area (Å²) in [6.07, 6.45) is 3.65. The standard InChI is InChI=1S/C23H37N7S.ClH/c1-17-26-27-21(28(17)6)31-15-7-10-29-11-13-30(14-12-29)19-16-18(23(5)8-9-23)24-20(25-19)22(2,3)4;/h16H,7-15H2,1-6H3;1H. The zero-order chi connectivity index (χ0) is 22.2. The molecule has 32 heavy (non-hydrogen) atoms. The van der Waals surface area contributed by atoms with Crippen LogP contribution in [-0.2, 0) is 17.9 Å². The fourth-order valence-corrected chi connectivity index (χ4v) is 4.73. The summed E-state index contributed by atoms with van der Waals surface area (Å²) in [5.41, 5.74) is 1.47. The average Bonchev–Trinajstić information content (AvgIpc) is 3.42. The summed E-state index contributed by atoms with van der Waals surface area (Å²) in [5, 5.41) is 9.39. The summed E-state index contributed by atoms with van der Waals surface area (Å²) in [5.74, 6) is 4.15. The Hall–Kier alpha value is -1.38. The number of thioether (sulfide) groups is 1. The summed E-state index contributed by atoms with van der Waals surface area (Å²) >= 11 is 1.80. The summed E-state index contributed by atoms with van der Waals surface area (Å²) in [6.45, 7) is 16.4. The number of aromatic nitrogens is 5. The first-order valence-corrected chi connectivity index (χ1v) is 12.5. The Morgan fingerprint density at radius 1 is 1.06 bits per heavy atom. The fraction of sp³-hybridized carbons (Fsp3) is 0.739. The van der Waals surface area contributed by atoms with Crippen LogP contribution in [0.15, 0.2) is 11.2 Å². The lowest BCUT2D eigenvalue weighted by molar-refractivity contribution is 0.258. The molecule has 2 fully saturated rings. The van der Waals surface area contributed by atoms with Gasteiger partial charge in [0, 0.05) is 55.9 Å². The molecule has 178 valence electrons. The molecule has 0 N–H and O–H groups in total. The van der Waals surface area contributed by atoms with Crippen molar-refractivity contribution in [2.75, 3.05) is 43.4 Å². The normalized spacial score (nSPS) is 18.5. The Labute approximate surface area is 203 Å². The van der Waals surface area contributed by atoms with Gasteiger partial charge >= 0.3 is 0 Å². The Morgan fingerprint density at radius 2 is 1.75 bits per heavy atom. The molecule has 1 saturated carbocycles. The maximum atomic E-state index is 4.99. The van der Waals surface area contributed by atoms with Crippen molar-refractivity contribution < 1.29 is 0 Å². The van der Waals surface area contributed by atoms with Crippen molar-refractivity contribution in [3.63, 3.8) is 0 Å². The number of aryl methyl sites for hydroxylation is 1. The van der Waals surface area contributed by atoms with Gasteiger partial charge in [-0.25, -0.2) is 9.97 Å². The van der Waals surface area contributed by atoms with E-state index in [1.165, 1.54) is 25.0 Å². The molecule has 1 aliphatic carbocycles.